The third-order valence-corrected chi connectivity index (χ3v) is 12.5. The largest absolute Gasteiger partial charge is 0.446 e. The van der Waals surface area contributed by atoms with Gasteiger partial charge in [0, 0.05) is 24.0 Å². The molecule has 0 aromatic heterocycles. The molecule has 4 amide bonds. The van der Waals surface area contributed by atoms with Crippen LogP contribution >= 0.6 is 0 Å². The van der Waals surface area contributed by atoms with Crippen molar-refractivity contribution in [2.24, 2.45) is 16.5 Å². The van der Waals surface area contributed by atoms with Gasteiger partial charge >= 0.3 is 6.09 Å². The van der Waals surface area contributed by atoms with Crippen molar-refractivity contribution in [3.05, 3.63) is 65.2 Å². The molecule has 1 saturated heterocycles. The second kappa shape index (κ2) is 13.8. The van der Waals surface area contributed by atoms with Crippen molar-refractivity contribution in [1.29, 1.82) is 0 Å². The lowest BCUT2D eigenvalue weighted by Crippen LogP contribution is -2.60. The van der Waals surface area contributed by atoms with Gasteiger partial charge in [-0.25, -0.2) is 22.0 Å². The van der Waals surface area contributed by atoms with E-state index in [1.165, 1.54) is 4.90 Å². The van der Waals surface area contributed by atoms with Crippen LogP contribution in [0.4, 0.5) is 13.6 Å². The number of sulfonamides is 1. The third kappa shape index (κ3) is 7.19. The topological polar surface area (TPSA) is 173 Å². The number of ether oxygens (including phenoxy) is 1. The number of nitrogens with one attached hydrogen (secondary N) is 3. The molecule has 7 rings (SSSR count). The highest BCUT2D eigenvalue weighted by atomic mass is 32.2. The van der Waals surface area contributed by atoms with Gasteiger partial charge in [0.05, 0.1) is 17.7 Å². The number of nitrogens with zero attached hydrogens (tertiary/aromatic N) is 2. The van der Waals surface area contributed by atoms with E-state index in [1.54, 1.807) is 27.7 Å². The molecule has 2 aliphatic heterocycles. The number of oxime groups is 1. The molecular weight excluding hydrogens is 725 g/mol. The summed E-state index contributed by atoms with van der Waals surface area (Å²) in [5, 5.41) is 8.85. The molecule has 288 valence electrons. The first-order valence-corrected chi connectivity index (χ1v) is 19.6. The Morgan fingerprint density at radius 2 is 1.76 bits per heavy atom. The molecule has 54 heavy (non-hydrogen) atoms. The van der Waals surface area contributed by atoms with Crippen molar-refractivity contribution >= 4 is 45.6 Å². The Bertz CT molecular complexity index is 2060. The summed E-state index contributed by atoms with van der Waals surface area (Å²) in [6.07, 6.45) is -1.17. The van der Waals surface area contributed by atoms with E-state index in [0.717, 1.165) is 27.8 Å². The van der Waals surface area contributed by atoms with Crippen molar-refractivity contribution in [3.63, 3.8) is 0 Å². The number of carbonyl (C=O) groups is 4. The first kappa shape index (κ1) is 37.5. The Hall–Kier alpha value is -4.86. The van der Waals surface area contributed by atoms with Gasteiger partial charge in [-0.15, -0.1) is 0 Å². The van der Waals surface area contributed by atoms with Crippen LogP contribution in [0.2, 0.25) is 0 Å². The summed E-state index contributed by atoms with van der Waals surface area (Å²) in [4.78, 5) is 62.4. The van der Waals surface area contributed by atoms with Crippen LogP contribution in [0.25, 0.3) is 17.2 Å². The monoisotopic (exact) mass is 767 g/mol. The minimum Gasteiger partial charge on any atom is -0.446 e. The van der Waals surface area contributed by atoms with Gasteiger partial charge in [-0.3, -0.25) is 19.1 Å². The Morgan fingerprint density at radius 1 is 1.06 bits per heavy atom. The lowest BCUT2D eigenvalue weighted by Gasteiger charge is -2.35. The van der Waals surface area contributed by atoms with E-state index >= 15 is 0 Å². The van der Waals surface area contributed by atoms with Crippen LogP contribution in [0.1, 0.15) is 76.5 Å². The summed E-state index contributed by atoms with van der Waals surface area (Å²) in [5.41, 5.74) is 1.82. The van der Waals surface area contributed by atoms with E-state index in [0.29, 0.717) is 25.0 Å². The molecule has 2 aromatic rings. The molecule has 3 N–H and O–H groups in total. The summed E-state index contributed by atoms with van der Waals surface area (Å²) in [6, 6.07) is 11.0. The summed E-state index contributed by atoms with van der Waals surface area (Å²) >= 11 is 0. The quantitative estimate of drug-likeness (QED) is 0.337. The number of halogens is 2. The highest BCUT2D eigenvalue weighted by Gasteiger charge is 2.67. The molecule has 4 bridgehead atoms. The maximum absolute atomic E-state index is 14.4. The Morgan fingerprint density at radius 3 is 2.43 bits per heavy atom. The number of hydrogen-bond donors (Lipinski definition) is 3. The van der Waals surface area contributed by atoms with Gasteiger partial charge in [0.15, 0.2) is 0 Å². The molecular formula is C38H43F2N5O8S. The molecule has 6 atom stereocenters. The van der Waals surface area contributed by atoms with Crippen molar-refractivity contribution in [3.8, 4) is 11.1 Å². The van der Waals surface area contributed by atoms with E-state index in [2.05, 4.69) is 15.8 Å². The Kier molecular flexibility index (Phi) is 9.55. The first-order chi connectivity index (χ1) is 25.5. The Balaban J connectivity index is 1.24. The zero-order valence-electron chi connectivity index (χ0n) is 30.3. The highest BCUT2D eigenvalue weighted by Crippen LogP contribution is 2.48. The number of alkyl carbamates (subject to hydrolysis) is 1. The summed E-state index contributed by atoms with van der Waals surface area (Å²) in [6.45, 7) is 6.70. The fourth-order valence-electron chi connectivity index (χ4n) is 7.39. The smallest absolute Gasteiger partial charge is 0.408 e. The molecule has 0 spiro atoms. The van der Waals surface area contributed by atoms with E-state index in [-0.39, 0.29) is 13.0 Å². The number of carbonyl (C=O) groups excluding carboxylic acids is 4. The average Bonchev–Trinajstić information content (AvgIpc) is 4.02. The molecule has 3 aliphatic carbocycles. The number of benzene rings is 2. The van der Waals surface area contributed by atoms with Gasteiger partial charge in [0.25, 0.3) is 5.91 Å². The normalized spacial score (nSPS) is 29.7. The third-order valence-electron chi connectivity index (χ3n) is 10.6. The Labute approximate surface area is 311 Å². The number of fused-ring (bicyclic) bond motifs is 6. The van der Waals surface area contributed by atoms with Crippen LogP contribution in [0.15, 0.2) is 53.7 Å². The van der Waals surface area contributed by atoms with Crippen molar-refractivity contribution < 1.29 is 46.0 Å². The van der Waals surface area contributed by atoms with E-state index < -0.39 is 93.1 Å². The molecule has 5 aliphatic rings. The molecule has 2 heterocycles. The molecule has 13 nitrogen and oxygen atoms in total. The zero-order valence-corrected chi connectivity index (χ0v) is 31.1. The van der Waals surface area contributed by atoms with E-state index in [1.807, 2.05) is 59.3 Å². The standard InChI is InChI=1S/C38H43F2N5O8S/c1-20-8-7-9-21-12-15-25-24-10-5-6-11-26(24)30(27(25)16-21)43-53-22-17-29(45(19-22)34(47)31(37(2,3)4)41-36(49)52-20)33(46)42-38(18-28(38)32(39)40)35(48)44-54(50,51)23-13-14-23/h5-7,9-12,15-16,20,22-23,28-29,31-32H,8,13-14,17-19H2,1-4H3,(H,41,49)(H,42,46)(H,44,48)/b9-7+,43-30+/t20-,22+,28-,29-,31+,38-/m0/s1. The van der Waals surface area contributed by atoms with Crippen molar-refractivity contribution in [2.45, 2.75) is 101 Å². The van der Waals surface area contributed by atoms with Crippen molar-refractivity contribution in [2.75, 3.05) is 6.54 Å². The molecule has 16 heteroatoms. The van der Waals surface area contributed by atoms with Gasteiger partial charge in [-0.05, 0) is 54.4 Å². The maximum atomic E-state index is 14.4. The van der Waals surface area contributed by atoms with E-state index in [4.69, 9.17) is 9.57 Å². The van der Waals surface area contributed by atoms with E-state index in [9.17, 15) is 36.4 Å². The van der Waals surface area contributed by atoms with Gasteiger partial charge in [0.2, 0.25) is 28.3 Å². The minimum atomic E-state index is -4.12. The zero-order chi connectivity index (χ0) is 38.7. The lowest BCUT2D eigenvalue weighted by molar-refractivity contribution is -0.143. The number of cyclic esters (lactones) is 1. The van der Waals surface area contributed by atoms with Crippen LogP contribution < -0.4 is 15.4 Å². The number of amides is 4. The second-order valence-corrected chi connectivity index (χ2v) is 17.8. The van der Waals surface area contributed by atoms with Gasteiger partial charge < -0.3 is 25.1 Å². The number of hydrogen-bond acceptors (Lipinski definition) is 9. The molecule has 0 unspecified atom stereocenters. The van der Waals surface area contributed by atoms with Crippen molar-refractivity contribution in [1.82, 2.24) is 20.3 Å². The summed E-state index contributed by atoms with van der Waals surface area (Å²) in [7, 11) is -4.12. The fraction of sp³-hybridized carbons (Fsp3) is 0.500. The predicted octanol–water partition coefficient (Wildman–Crippen LogP) is 4.10. The maximum Gasteiger partial charge on any atom is 0.408 e. The van der Waals surface area contributed by atoms with Gasteiger partial charge in [-0.1, -0.05) is 74.5 Å². The molecule has 0 radical (unpaired) electrons. The molecule has 2 aromatic carbocycles. The molecule has 2 saturated carbocycles. The van der Waals surface area contributed by atoms with Gasteiger partial charge in [-0.2, -0.15) is 0 Å². The first-order valence-electron chi connectivity index (χ1n) is 18.1. The van der Waals surface area contributed by atoms with Crippen LogP contribution in [-0.4, -0.2) is 90.9 Å². The minimum absolute atomic E-state index is 0.151. The van der Waals surface area contributed by atoms with Crippen LogP contribution in [-0.2, 0) is 34.0 Å². The second-order valence-electron chi connectivity index (χ2n) is 15.8. The van der Waals surface area contributed by atoms with Crippen LogP contribution in [0.3, 0.4) is 0 Å². The average molecular weight is 768 g/mol. The number of rotatable bonds is 6. The van der Waals surface area contributed by atoms with Gasteiger partial charge in [0.1, 0.15) is 35.5 Å². The number of alkyl halides is 2. The highest BCUT2D eigenvalue weighted by molar-refractivity contribution is 7.91. The fourth-order valence-corrected chi connectivity index (χ4v) is 8.75. The van der Waals surface area contributed by atoms with Crippen LogP contribution in [0, 0.1) is 11.3 Å². The summed E-state index contributed by atoms with van der Waals surface area (Å²) in [5.74, 6) is -4.53. The SMILES string of the molecule is C[C@H]1C/C=C/c2ccc3c(c2)/C(=N/O[C@@H]2C[C@@H](C(=O)N[C@@]4(C(=O)NS(=O)(=O)C5CC5)C[C@H]4C(F)F)N(C2)C(=O)[C@H](C(C)(C)C)NC(=O)O1)c1ccccc1-3. The van der Waals surface area contributed by atoms with Crippen LogP contribution in [0.5, 0.6) is 0 Å². The summed E-state index contributed by atoms with van der Waals surface area (Å²) < 4.78 is 60.9. The molecule has 3 fully saturated rings. The predicted molar refractivity (Wildman–Crippen MR) is 194 cm³/mol. The lowest BCUT2D eigenvalue weighted by atomic mass is 9.85.